The topological polar surface area (TPSA) is 116 Å². The van der Waals surface area contributed by atoms with Gasteiger partial charge in [0, 0.05) is 25.2 Å². The molecule has 0 spiro atoms. The van der Waals surface area contributed by atoms with Gasteiger partial charge in [-0.1, -0.05) is 36.4 Å². The number of rotatable bonds is 11. The van der Waals surface area contributed by atoms with Gasteiger partial charge < -0.3 is 15.2 Å². The zero-order chi connectivity index (χ0) is 25.0. The number of amides is 1. The van der Waals surface area contributed by atoms with Crippen LogP contribution in [0, 0.1) is 0 Å². The molecule has 0 saturated carbocycles. The molecule has 3 aromatic rings. The quantitative estimate of drug-likeness (QED) is 0.326. The summed E-state index contributed by atoms with van der Waals surface area (Å²) in [4.78, 5) is 34.0. The van der Waals surface area contributed by atoms with E-state index in [9.17, 15) is 9.59 Å². The number of ketones is 1. The molecular weight excluding hydrogens is 444 g/mol. The lowest BCUT2D eigenvalue weighted by Crippen LogP contribution is -2.40. The average Bonchev–Trinajstić information content (AvgIpc) is 2.87. The van der Waals surface area contributed by atoms with Crippen molar-refractivity contribution in [2.24, 2.45) is 10.7 Å². The summed E-state index contributed by atoms with van der Waals surface area (Å²) in [6.07, 6.45) is 4.74. The second-order valence-corrected chi connectivity index (χ2v) is 7.96. The largest absolute Gasteiger partial charge is 0.493 e. The number of aryl methyl sites for hydroxylation is 1. The fourth-order valence-corrected chi connectivity index (χ4v) is 3.62. The fourth-order valence-electron chi connectivity index (χ4n) is 3.62. The minimum atomic E-state index is -0.708. The molecule has 0 radical (unpaired) electrons. The zero-order valence-corrected chi connectivity index (χ0v) is 19.9. The molecule has 0 saturated heterocycles. The number of methoxy groups -OCH3 is 2. The molecule has 0 aliphatic rings. The van der Waals surface area contributed by atoms with E-state index in [-0.39, 0.29) is 24.1 Å². The number of ether oxygens (including phenoxy) is 2. The maximum Gasteiger partial charge on any atom is 0.231 e. The number of nitrogens with one attached hydrogen (secondary N) is 1. The summed E-state index contributed by atoms with van der Waals surface area (Å²) in [6, 6.07) is 17.9. The van der Waals surface area contributed by atoms with Crippen LogP contribution in [-0.4, -0.2) is 42.9 Å². The number of Topliss-reactive ketones (excluding diaryl/α,β-unsaturated/α-hetero) is 1. The van der Waals surface area contributed by atoms with Crippen LogP contribution in [0.2, 0.25) is 0 Å². The number of carbonyl (C=O) groups excluding carboxylic acids is 2. The summed E-state index contributed by atoms with van der Waals surface area (Å²) in [7, 11) is 3.08. The monoisotopic (exact) mass is 474 g/mol. The summed E-state index contributed by atoms with van der Waals surface area (Å²) in [5, 5.41) is 2.60. The number of benzene rings is 2. The number of aromatic nitrogens is 1. The van der Waals surface area contributed by atoms with Crippen molar-refractivity contribution >= 4 is 17.6 Å². The van der Waals surface area contributed by atoms with E-state index in [1.807, 2.05) is 42.5 Å². The van der Waals surface area contributed by atoms with Crippen molar-refractivity contribution in [2.75, 3.05) is 14.2 Å². The Hall–Kier alpha value is -4.20. The molecule has 1 heterocycles. The Bertz CT molecular complexity index is 1150. The molecule has 182 valence electrons. The van der Waals surface area contributed by atoms with Gasteiger partial charge in [-0.2, -0.15) is 0 Å². The van der Waals surface area contributed by atoms with Crippen LogP contribution in [0.5, 0.6) is 11.5 Å². The SMILES string of the molecule is COc1ccc(CC(=O)NC(N)=N[C@H](Cc2ccccc2)C(=O)CCc2ccncc2)cc1OC. The van der Waals surface area contributed by atoms with E-state index >= 15 is 0 Å². The number of pyridine rings is 1. The Morgan fingerprint density at radius 2 is 1.66 bits per heavy atom. The van der Waals surface area contributed by atoms with Gasteiger partial charge >= 0.3 is 0 Å². The van der Waals surface area contributed by atoms with Gasteiger partial charge in [0.15, 0.2) is 23.2 Å². The Morgan fingerprint density at radius 3 is 2.34 bits per heavy atom. The van der Waals surface area contributed by atoms with Crippen molar-refractivity contribution in [2.45, 2.75) is 31.7 Å². The Kier molecular flexibility index (Phi) is 9.36. The molecule has 0 bridgehead atoms. The minimum absolute atomic E-state index is 0.0530. The second-order valence-electron chi connectivity index (χ2n) is 7.96. The van der Waals surface area contributed by atoms with Crippen LogP contribution in [0.25, 0.3) is 0 Å². The van der Waals surface area contributed by atoms with E-state index in [0.717, 1.165) is 16.7 Å². The van der Waals surface area contributed by atoms with Crippen molar-refractivity contribution in [3.8, 4) is 11.5 Å². The molecule has 0 fully saturated rings. The lowest BCUT2D eigenvalue weighted by atomic mass is 9.98. The maximum atomic E-state index is 13.0. The number of aliphatic imine (C=N–C) groups is 1. The number of nitrogens with zero attached hydrogens (tertiary/aromatic N) is 2. The lowest BCUT2D eigenvalue weighted by Gasteiger charge is -2.14. The van der Waals surface area contributed by atoms with Crippen LogP contribution in [0.15, 0.2) is 78.0 Å². The highest BCUT2D eigenvalue weighted by atomic mass is 16.5. The van der Waals surface area contributed by atoms with E-state index in [1.54, 1.807) is 37.7 Å². The van der Waals surface area contributed by atoms with Crippen LogP contribution in [0.4, 0.5) is 0 Å². The highest BCUT2D eigenvalue weighted by Crippen LogP contribution is 2.27. The number of hydrogen-bond acceptors (Lipinski definition) is 6. The van der Waals surface area contributed by atoms with Gasteiger partial charge in [-0.3, -0.25) is 19.9 Å². The van der Waals surface area contributed by atoms with Gasteiger partial charge in [-0.15, -0.1) is 0 Å². The zero-order valence-electron chi connectivity index (χ0n) is 19.9. The Balaban J connectivity index is 1.68. The number of carbonyl (C=O) groups is 2. The van der Waals surface area contributed by atoms with Crippen molar-refractivity contribution in [1.29, 1.82) is 0 Å². The van der Waals surface area contributed by atoms with Gasteiger partial charge in [0.2, 0.25) is 5.91 Å². The highest BCUT2D eigenvalue weighted by Gasteiger charge is 2.19. The molecule has 0 unspecified atom stereocenters. The van der Waals surface area contributed by atoms with Gasteiger partial charge in [0.25, 0.3) is 0 Å². The third-order valence-electron chi connectivity index (χ3n) is 5.43. The summed E-state index contributed by atoms with van der Waals surface area (Å²) in [5.74, 6) is 0.617. The van der Waals surface area contributed by atoms with E-state index in [0.29, 0.717) is 30.8 Å². The number of hydrogen-bond donors (Lipinski definition) is 2. The maximum absolute atomic E-state index is 13.0. The van der Waals surface area contributed by atoms with E-state index < -0.39 is 6.04 Å². The van der Waals surface area contributed by atoms with E-state index in [4.69, 9.17) is 15.2 Å². The summed E-state index contributed by atoms with van der Waals surface area (Å²) >= 11 is 0. The van der Waals surface area contributed by atoms with Crippen molar-refractivity contribution < 1.29 is 19.1 Å². The normalized spacial score (nSPS) is 12.0. The predicted molar refractivity (Wildman–Crippen MR) is 135 cm³/mol. The first-order valence-electron chi connectivity index (χ1n) is 11.3. The molecule has 35 heavy (non-hydrogen) atoms. The molecular formula is C27H30N4O4. The Morgan fingerprint density at radius 1 is 0.943 bits per heavy atom. The Labute approximate surface area is 205 Å². The number of nitrogens with two attached hydrogens (primary N) is 1. The second kappa shape index (κ2) is 12.9. The molecule has 0 aliphatic carbocycles. The van der Waals surface area contributed by atoms with Crippen LogP contribution in [0.1, 0.15) is 23.1 Å². The van der Waals surface area contributed by atoms with Crippen molar-refractivity contribution in [1.82, 2.24) is 10.3 Å². The standard InChI is InChI=1S/C27H30N4O4/c1-34-24-11-9-21(17-25(24)35-2)18-26(33)31-27(28)30-22(16-20-6-4-3-5-7-20)23(32)10-8-19-12-14-29-15-13-19/h3-7,9,11-15,17,22H,8,10,16,18H2,1-2H3,(H3,28,30,31,33)/t22-/m1/s1. The first-order valence-corrected chi connectivity index (χ1v) is 11.3. The third-order valence-corrected chi connectivity index (χ3v) is 5.43. The minimum Gasteiger partial charge on any atom is -0.493 e. The van der Waals surface area contributed by atoms with Crippen LogP contribution < -0.4 is 20.5 Å². The van der Waals surface area contributed by atoms with Crippen LogP contribution in [0.3, 0.4) is 0 Å². The van der Waals surface area contributed by atoms with Crippen molar-refractivity contribution in [3.05, 3.63) is 89.7 Å². The van der Waals surface area contributed by atoms with Gasteiger partial charge in [-0.05, 0) is 47.4 Å². The van der Waals surface area contributed by atoms with Crippen LogP contribution >= 0.6 is 0 Å². The molecule has 0 aliphatic heterocycles. The van der Waals surface area contributed by atoms with Gasteiger partial charge in [0.1, 0.15) is 6.04 Å². The fraction of sp³-hybridized carbons (Fsp3) is 0.259. The summed E-state index contributed by atoms with van der Waals surface area (Å²) in [5.41, 5.74) is 8.75. The van der Waals surface area contributed by atoms with E-state index in [1.165, 1.54) is 7.11 Å². The molecule has 1 aromatic heterocycles. The number of guanidine groups is 1. The average molecular weight is 475 g/mol. The lowest BCUT2D eigenvalue weighted by molar-refractivity contribution is -0.121. The van der Waals surface area contributed by atoms with Crippen molar-refractivity contribution in [3.63, 3.8) is 0 Å². The van der Waals surface area contributed by atoms with Crippen LogP contribution in [-0.2, 0) is 28.9 Å². The molecule has 8 heteroatoms. The molecule has 1 atom stereocenters. The molecule has 3 rings (SSSR count). The highest BCUT2D eigenvalue weighted by molar-refractivity contribution is 5.98. The third kappa shape index (κ3) is 7.96. The molecule has 1 amide bonds. The summed E-state index contributed by atoms with van der Waals surface area (Å²) < 4.78 is 10.5. The van der Waals surface area contributed by atoms with Gasteiger partial charge in [0.05, 0.1) is 20.6 Å². The van der Waals surface area contributed by atoms with Gasteiger partial charge in [-0.25, -0.2) is 4.99 Å². The predicted octanol–water partition coefficient (Wildman–Crippen LogP) is 2.89. The molecule has 2 aromatic carbocycles. The van der Waals surface area contributed by atoms with E-state index in [2.05, 4.69) is 15.3 Å². The smallest absolute Gasteiger partial charge is 0.231 e. The summed E-state index contributed by atoms with van der Waals surface area (Å²) in [6.45, 7) is 0. The molecule has 8 nitrogen and oxygen atoms in total. The first kappa shape index (κ1) is 25.4. The first-order chi connectivity index (χ1) is 17.0. The molecule has 3 N–H and O–H groups in total.